The first-order valence-corrected chi connectivity index (χ1v) is 8.03. The molecule has 0 aromatic heterocycles. The van der Waals surface area contributed by atoms with Gasteiger partial charge in [0, 0.05) is 12.1 Å². The molecule has 0 radical (unpaired) electrons. The largest absolute Gasteiger partial charge is 0.345 e. The molecule has 0 heterocycles. The van der Waals surface area contributed by atoms with Crippen molar-refractivity contribution in [2.24, 2.45) is 0 Å². The molecule has 0 aliphatic heterocycles. The average Bonchev–Trinajstić information content (AvgIpc) is 2.54. The number of nitrogens with zero attached hydrogens (tertiary/aromatic N) is 1. The van der Waals surface area contributed by atoms with E-state index in [9.17, 15) is 14.9 Å². The number of nitro groups is 1. The van der Waals surface area contributed by atoms with Crippen molar-refractivity contribution >= 4 is 23.2 Å². The minimum Gasteiger partial charge on any atom is -0.345 e. The third-order valence-corrected chi connectivity index (χ3v) is 4.37. The number of carbonyl (C=O) groups is 1. The molecule has 2 aromatic carbocycles. The number of aryl methyl sites for hydroxylation is 2. The second-order valence-corrected chi connectivity index (χ2v) is 6.11. The number of halogens is 1. The van der Waals surface area contributed by atoms with E-state index in [1.165, 1.54) is 23.8 Å². The lowest BCUT2D eigenvalue weighted by Gasteiger charge is -2.19. The van der Waals surface area contributed by atoms with Gasteiger partial charge in [-0.05, 0) is 43.0 Å². The summed E-state index contributed by atoms with van der Waals surface area (Å²) >= 11 is 6.02. The number of nitrogens with one attached hydrogen (secondary N) is 1. The minimum atomic E-state index is -0.544. The van der Waals surface area contributed by atoms with Crippen molar-refractivity contribution in [2.45, 2.75) is 33.2 Å². The summed E-state index contributed by atoms with van der Waals surface area (Å²) < 4.78 is 0. The fourth-order valence-electron chi connectivity index (χ4n) is 2.44. The average molecular weight is 347 g/mol. The summed E-state index contributed by atoms with van der Waals surface area (Å²) in [6.07, 6.45) is 0.721. The number of non-ortho nitro benzene ring substituents is 1. The van der Waals surface area contributed by atoms with Crippen LogP contribution in [-0.4, -0.2) is 10.8 Å². The van der Waals surface area contributed by atoms with Crippen LogP contribution in [0.25, 0.3) is 0 Å². The second kappa shape index (κ2) is 7.45. The Morgan fingerprint density at radius 3 is 2.46 bits per heavy atom. The van der Waals surface area contributed by atoms with E-state index in [1.807, 2.05) is 32.9 Å². The van der Waals surface area contributed by atoms with Gasteiger partial charge in [-0.1, -0.05) is 36.7 Å². The van der Waals surface area contributed by atoms with E-state index in [-0.39, 0.29) is 28.2 Å². The second-order valence-electron chi connectivity index (χ2n) is 5.70. The molecule has 6 heteroatoms. The number of nitro benzene ring substituents is 1. The highest BCUT2D eigenvalue weighted by molar-refractivity contribution is 6.34. The summed E-state index contributed by atoms with van der Waals surface area (Å²) in [6.45, 7) is 6.05. The van der Waals surface area contributed by atoms with E-state index < -0.39 is 4.92 Å². The van der Waals surface area contributed by atoms with E-state index in [2.05, 4.69) is 11.4 Å². The Morgan fingerprint density at radius 1 is 1.21 bits per heavy atom. The Bertz CT molecular complexity index is 790. The van der Waals surface area contributed by atoms with E-state index in [0.29, 0.717) is 0 Å². The summed E-state index contributed by atoms with van der Waals surface area (Å²) in [5, 5.41) is 13.8. The van der Waals surface area contributed by atoms with Gasteiger partial charge in [-0.2, -0.15) is 0 Å². The first kappa shape index (κ1) is 17.9. The Morgan fingerprint density at radius 2 is 1.92 bits per heavy atom. The Hall–Kier alpha value is -2.40. The number of hydrogen-bond donors (Lipinski definition) is 1. The minimum absolute atomic E-state index is 0.0663. The van der Waals surface area contributed by atoms with Gasteiger partial charge in [0.25, 0.3) is 11.6 Å². The van der Waals surface area contributed by atoms with E-state index in [4.69, 9.17) is 11.6 Å². The van der Waals surface area contributed by atoms with E-state index >= 15 is 0 Å². The van der Waals surface area contributed by atoms with Crippen molar-refractivity contribution in [3.63, 3.8) is 0 Å². The van der Waals surface area contributed by atoms with Gasteiger partial charge in [0.05, 0.1) is 21.6 Å². The van der Waals surface area contributed by atoms with Gasteiger partial charge in [0.15, 0.2) is 0 Å². The molecule has 126 valence electrons. The maximum atomic E-state index is 12.5. The molecule has 0 unspecified atom stereocenters. The van der Waals surface area contributed by atoms with Crippen LogP contribution in [0.2, 0.25) is 5.02 Å². The smallest absolute Gasteiger partial charge is 0.270 e. The molecule has 0 fully saturated rings. The molecule has 0 spiro atoms. The summed E-state index contributed by atoms with van der Waals surface area (Å²) in [7, 11) is 0. The molecule has 0 aliphatic carbocycles. The lowest BCUT2D eigenvalue weighted by Crippen LogP contribution is -2.28. The van der Waals surface area contributed by atoms with Crippen molar-refractivity contribution in [1.29, 1.82) is 0 Å². The predicted octanol–water partition coefficient (Wildman–Crippen LogP) is 4.75. The first-order valence-electron chi connectivity index (χ1n) is 7.65. The molecule has 0 bridgehead atoms. The quantitative estimate of drug-likeness (QED) is 0.627. The van der Waals surface area contributed by atoms with Crippen LogP contribution in [0.3, 0.4) is 0 Å². The topological polar surface area (TPSA) is 72.2 Å². The summed E-state index contributed by atoms with van der Waals surface area (Å²) in [5.74, 6) is -0.347. The number of carbonyl (C=O) groups excluding carboxylic acids is 1. The van der Waals surface area contributed by atoms with Gasteiger partial charge < -0.3 is 5.32 Å². The summed E-state index contributed by atoms with van der Waals surface area (Å²) in [6, 6.07) is 9.77. The third-order valence-electron chi connectivity index (χ3n) is 4.06. The van der Waals surface area contributed by atoms with Crippen molar-refractivity contribution in [1.82, 2.24) is 5.32 Å². The van der Waals surface area contributed by atoms with Gasteiger partial charge in [0.1, 0.15) is 0 Å². The Balaban J connectivity index is 2.23. The van der Waals surface area contributed by atoms with Crippen LogP contribution >= 0.6 is 11.6 Å². The summed E-state index contributed by atoms with van der Waals surface area (Å²) in [5.41, 5.74) is 3.46. The molecule has 1 N–H and O–H groups in total. The van der Waals surface area contributed by atoms with Crippen molar-refractivity contribution in [3.8, 4) is 0 Å². The SMILES string of the molecule is CC[C@@H](NC(=O)c1ccc([N+](=O)[O-])cc1Cl)c1ccc(C)c(C)c1. The molecule has 2 aromatic rings. The van der Waals surface area contributed by atoms with Crippen LogP contribution in [-0.2, 0) is 0 Å². The number of rotatable bonds is 5. The molecule has 0 saturated heterocycles. The molecule has 0 aliphatic rings. The molecule has 24 heavy (non-hydrogen) atoms. The molecule has 0 saturated carbocycles. The standard InChI is InChI=1S/C18H19ClN2O3/c1-4-17(13-6-5-11(2)12(3)9-13)20-18(22)15-8-7-14(21(23)24)10-16(15)19/h5-10,17H,4H2,1-3H3,(H,20,22)/t17-/m1/s1. The Kier molecular flexibility index (Phi) is 5.57. The van der Waals surface area contributed by atoms with Crippen LogP contribution in [0, 0.1) is 24.0 Å². The van der Waals surface area contributed by atoms with Crippen molar-refractivity contribution in [2.75, 3.05) is 0 Å². The van der Waals surface area contributed by atoms with Crippen LogP contribution in [0.5, 0.6) is 0 Å². The fraction of sp³-hybridized carbons (Fsp3) is 0.278. The van der Waals surface area contributed by atoms with Gasteiger partial charge in [-0.15, -0.1) is 0 Å². The Labute approximate surface area is 145 Å². The normalized spacial score (nSPS) is 11.8. The fourth-order valence-corrected chi connectivity index (χ4v) is 2.70. The lowest BCUT2D eigenvalue weighted by atomic mass is 9.99. The predicted molar refractivity (Wildman–Crippen MR) is 94.5 cm³/mol. The lowest BCUT2D eigenvalue weighted by molar-refractivity contribution is -0.384. The molecule has 5 nitrogen and oxygen atoms in total. The zero-order valence-corrected chi connectivity index (χ0v) is 14.6. The summed E-state index contributed by atoms with van der Waals surface area (Å²) in [4.78, 5) is 22.7. The van der Waals surface area contributed by atoms with Gasteiger partial charge >= 0.3 is 0 Å². The van der Waals surface area contributed by atoms with Crippen LogP contribution in [0.15, 0.2) is 36.4 Å². The van der Waals surface area contributed by atoms with E-state index in [0.717, 1.165) is 17.5 Å². The zero-order chi connectivity index (χ0) is 17.9. The highest BCUT2D eigenvalue weighted by Gasteiger charge is 2.18. The van der Waals surface area contributed by atoms with Gasteiger partial charge in [0.2, 0.25) is 0 Å². The monoisotopic (exact) mass is 346 g/mol. The first-order chi connectivity index (χ1) is 11.3. The van der Waals surface area contributed by atoms with Crippen LogP contribution in [0.4, 0.5) is 5.69 Å². The number of hydrogen-bond acceptors (Lipinski definition) is 3. The third kappa shape index (κ3) is 3.92. The molecular formula is C18H19ClN2O3. The zero-order valence-electron chi connectivity index (χ0n) is 13.8. The highest BCUT2D eigenvalue weighted by Crippen LogP contribution is 2.25. The molecule has 1 amide bonds. The molecule has 2 rings (SSSR count). The number of benzene rings is 2. The molecular weight excluding hydrogens is 328 g/mol. The van der Waals surface area contributed by atoms with Crippen molar-refractivity contribution < 1.29 is 9.72 Å². The van der Waals surface area contributed by atoms with Gasteiger partial charge in [-0.3, -0.25) is 14.9 Å². The maximum Gasteiger partial charge on any atom is 0.270 e. The molecule has 1 atom stereocenters. The van der Waals surface area contributed by atoms with Crippen molar-refractivity contribution in [3.05, 3.63) is 73.8 Å². The van der Waals surface area contributed by atoms with Crippen LogP contribution in [0.1, 0.15) is 46.4 Å². The van der Waals surface area contributed by atoms with Gasteiger partial charge in [-0.25, -0.2) is 0 Å². The highest BCUT2D eigenvalue weighted by atomic mass is 35.5. The van der Waals surface area contributed by atoms with Crippen LogP contribution < -0.4 is 5.32 Å². The van der Waals surface area contributed by atoms with E-state index in [1.54, 1.807) is 0 Å². The maximum absolute atomic E-state index is 12.5. The number of amides is 1.